The molecule has 0 fully saturated rings. The first-order valence-electron chi connectivity index (χ1n) is 10.7. The Bertz CT molecular complexity index is 1110. The van der Waals surface area contributed by atoms with Gasteiger partial charge in [0.1, 0.15) is 0 Å². The van der Waals surface area contributed by atoms with Crippen molar-refractivity contribution in [3.63, 3.8) is 0 Å². The van der Waals surface area contributed by atoms with Gasteiger partial charge in [-0.2, -0.15) is 18.2 Å². The Labute approximate surface area is 201 Å². The van der Waals surface area contributed by atoms with Gasteiger partial charge in [-0.15, -0.1) is 0 Å². The fraction of sp³-hybridized carbons (Fsp3) is 0.320. The summed E-state index contributed by atoms with van der Waals surface area (Å²) in [6.45, 7) is 5.24. The fourth-order valence-corrected chi connectivity index (χ4v) is 3.65. The van der Waals surface area contributed by atoms with Crippen molar-refractivity contribution in [2.24, 2.45) is 0 Å². The first kappa shape index (κ1) is 25.5. The number of hydrogen-bond donors (Lipinski definition) is 1. The van der Waals surface area contributed by atoms with E-state index in [0.717, 1.165) is 23.4 Å². The number of rotatable bonds is 8. The van der Waals surface area contributed by atoms with Crippen LogP contribution in [-0.2, 0) is 11.0 Å². The van der Waals surface area contributed by atoms with Gasteiger partial charge in [-0.3, -0.25) is 4.79 Å². The van der Waals surface area contributed by atoms with Crippen molar-refractivity contribution >= 4 is 17.5 Å². The number of carbonyl (C=O) groups excluding carboxylic acids is 1. The van der Waals surface area contributed by atoms with Crippen LogP contribution in [-0.4, -0.2) is 28.0 Å². The molecule has 2 atom stereocenters. The molecule has 0 aliphatic carbocycles. The molecule has 0 spiro atoms. The van der Waals surface area contributed by atoms with Crippen molar-refractivity contribution in [3.05, 3.63) is 88.7 Å². The standard InChI is InChI=1S/C25H25ClF3N3O2/c1-16(17-9-11-19(26)12-10-17)20(18-7-5-4-6-8-18)15-31-22(33)24(2,3)34-23-30-14-13-21(32-23)25(27,28)29/h4-14,16,20H,15H2,1-3H3,(H,31,33). The topological polar surface area (TPSA) is 64.1 Å². The van der Waals surface area contributed by atoms with Crippen LogP contribution < -0.4 is 10.1 Å². The largest absolute Gasteiger partial charge is 0.447 e. The maximum absolute atomic E-state index is 13.0. The third-order valence-electron chi connectivity index (χ3n) is 5.53. The molecule has 0 aliphatic rings. The van der Waals surface area contributed by atoms with Gasteiger partial charge >= 0.3 is 12.2 Å². The predicted molar refractivity (Wildman–Crippen MR) is 124 cm³/mol. The summed E-state index contributed by atoms with van der Waals surface area (Å²) >= 11 is 6.02. The van der Waals surface area contributed by atoms with E-state index in [1.54, 1.807) is 0 Å². The second-order valence-corrected chi connectivity index (χ2v) is 8.84. The molecule has 5 nitrogen and oxygen atoms in total. The van der Waals surface area contributed by atoms with Gasteiger partial charge in [-0.25, -0.2) is 4.98 Å². The molecule has 0 radical (unpaired) electrons. The number of hydrogen-bond acceptors (Lipinski definition) is 4. The summed E-state index contributed by atoms with van der Waals surface area (Å²) in [7, 11) is 0. The Morgan fingerprint density at radius 3 is 2.29 bits per heavy atom. The van der Waals surface area contributed by atoms with Gasteiger partial charge in [-0.1, -0.05) is 61.0 Å². The average molecular weight is 492 g/mol. The zero-order valence-corrected chi connectivity index (χ0v) is 19.7. The maximum atomic E-state index is 13.0. The Hall–Kier alpha value is -3.13. The summed E-state index contributed by atoms with van der Waals surface area (Å²) in [6, 6.07) is 17.5. The molecule has 1 aromatic heterocycles. The third kappa shape index (κ3) is 6.47. The zero-order valence-electron chi connectivity index (χ0n) is 18.9. The molecule has 1 N–H and O–H groups in total. The van der Waals surface area contributed by atoms with E-state index in [2.05, 4.69) is 22.2 Å². The van der Waals surface area contributed by atoms with E-state index >= 15 is 0 Å². The van der Waals surface area contributed by atoms with Crippen molar-refractivity contribution in [2.75, 3.05) is 6.54 Å². The normalized spacial score (nSPS) is 13.7. The number of alkyl halides is 3. The number of aromatic nitrogens is 2. The minimum atomic E-state index is -4.64. The lowest BCUT2D eigenvalue weighted by molar-refractivity contribution is -0.142. The van der Waals surface area contributed by atoms with Crippen molar-refractivity contribution < 1.29 is 22.7 Å². The minimum absolute atomic E-state index is 0.0378. The summed E-state index contributed by atoms with van der Waals surface area (Å²) in [5.74, 6) is -0.541. The highest BCUT2D eigenvalue weighted by Gasteiger charge is 2.35. The number of halogens is 4. The molecule has 180 valence electrons. The van der Waals surface area contributed by atoms with Gasteiger partial charge in [-0.05, 0) is 49.1 Å². The molecular formula is C25H25ClF3N3O2. The summed E-state index contributed by atoms with van der Waals surface area (Å²) in [6.07, 6.45) is -3.70. The highest BCUT2D eigenvalue weighted by atomic mass is 35.5. The molecule has 34 heavy (non-hydrogen) atoms. The minimum Gasteiger partial charge on any atom is -0.447 e. The number of carbonyl (C=O) groups is 1. The molecule has 3 aromatic rings. The van der Waals surface area contributed by atoms with Crippen LogP contribution in [0.2, 0.25) is 5.02 Å². The van der Waals surface area contributed by atoms with E-state index in [4.69, 9.17) is 16.3 Å². The third-order valence-corrected chi connectivity index (χ3v) is 5.78. The van der Waals surface area contributed by atoms with Crippen LogP contribution in [0.3, 0.4) is 0 Å². The highest BCUT2D eigenvalue weighted by molar-refractivity contribution is 6.30. The smallest absolute Gasteiger partial charge is 0.433 e. The molecule has 1 amide bonds. The van der Waals surface area contributed by atoms with Crippen LogP contribution >= 0.6 is 11.6 Å². The Balaban J connectivity index is 1.75. The number of nitrogens with zero attached hydrogens (tertiary/aromatic N) is 2. The molecule has 0 saturated carbocycles. The Kier molecular flexibility index (Phi) is 7.82. The fourth-order valence-electron chi connectivity index (χ4n) is 3.52. The number of benzene rings is 2. The number of amides is 1. The monoisotopic (exact) mass is 491 g/mol. The van der Waals surface area contributed by atoms with Gasteiger partial charge in [0, 0.05) is 23.7 Å². The first-order valence-corrected chi connectivity index (χ1v) is 11.0. The maximum Gasteiger partial charge on any atom is 0.433 e. The van der Waals surface area contributed by atoms with Crippen LogP contribution in [0.5, 0.6) is 6.01 Å². The lowest BCUT2D eigenvalue weighted by Gasteiger charge is -2.28. The second-order valence-electron chi connectivity index (χ2n) is 8.40. The summed E-state index contributed by atoms with van der Waals surface area (Å²) in [5, 5.41) is 3.52. The summed E-state index contributed by atoms with van der Waals surface area (Å²) in [5.41, 5.74) is -0.560. The van der Waals surface area contributed by atoms with Crippen LogP contribution in [0.4, 0.5) is 13.2 Å². The quantitative estimate of drug-likeness (QED) is 0.419. The first-order chi connectivity index (χ1) is 16.0. The molecule has 9 heteroatoms. The van der Waals surface area contributed by atoms with E-state index in [0.29, 0.717) is 5.02 Å². The molecule has 0 aliphatic heterocycles. The molecule has 0 bridgehead atoms. The van der Waals surface area contributed by atoms with Crippen LogP contribution in [0.25, 0.3) is 0 Å². The number of ether oxygens (including phenoxy) is 1. The van der Waals surface area contributed by atoms with E-state index < -0.39 is 29.4 Å². The predicted octanol–water partition coefficient (Wildman–Crippen LogP) is 6.01. The second kappa shape index (κ2) is 10.4. The average Bonchev–Trinajstić information content (AvgIpc) is 2.79. The van der Waals surface area contributed by atoms with Crippen molar-refractivity contribution in [2.45, 2.75) is 44.4 Å². The van der Waals surface area contributed by atoms with Crippen LogP contribution in [0.15, 0.2) is 66.9 Å². The lowest BCUT2D eigenvalue weighted by Crippen LogP contribution is -2.48. The van der Waals surface area contributed by atoms with E-state index in [9.17, 15) is 18.0 Å². The van der Waals surface area contributed by atoms with Crippen LogP contribution in [0.1, 0.15) is 49.4 Å². The summed E-state index contributed by atoms with van der Waals surface area (Å²) in [4.78, 5) is 20.1. The zero-order chi connectivity index (χ0) is 24.9. The van der Waals surface area contributed by atoms with E-state index in [-0.39, 0.29) is 18.4 Å². The Morgan fingerprint density at radius 2 is 1.68 bits per heavy atom. The van der Waals surface area contributed by atoms with Gasteiger partial charge in [0.15, 0.2) is 11.3 Å². The molecule has 2 unspecified atom stereocenters. The molecular weight excluding hydrogens is 467 g/mol. The van der Waals surface area contributed by atoms with Gasteiger partial charge < -0.3 is 10.1 Å². The molecule has 1 heterocycles. The van der Waals surface area contributed by atoms with Gasteiger partial charge in [0.2, 0.25) is 0 Å². The lowest BCUT2D eigenvalue weighted by atomic mass is 9.82. The summed E-state index contributed by atoms with van der Waals surface area (Å²) < 4.78 is 44.3. The van der Waals surface area contributed by atoms with E-state index in [1.807, 2.05) is 54.6 Å². The molecule has 0 saturated heterocycles. The van der Waals surface area contributed by atoms with Crippen LogP contribution in [0, 0.1) is 0 Å². The Morgan fingerprint density at radius 1 is 1.03 bits per heavy atom. The molecule has 3 rings (SSSR count). The van der Waals surface area contributed by atoms with Crippen molar-refractivity contribution in [3.8, 4) is 6.01 Å². The van der Waals surface area contributed by atoms with Gasteiger partial charge in [0.25, 0.3) is 5.91 Å². The van der Waals surface area contributed by atoms with Crippen molar-refractivity contribution in [1.82, 2.24) is 15.3 Å². The highest BCUT2D eigenvalue weighted by Crippen LogP contribution is 2.33. The van der Waals surface area contributed by atoms with Gasteiger partial charge in [0.05, 0.1) is 0 Å². The van der Waals surface area contributed by atoms with Crippen molar-refractivity contribution in [1.29, 1.82) is 0 Å². The SMILES string of the molecule is CC(c1ccc(Cl)cc1)C(CNC(=O)C(C)(C)Oc1nccc(C(F)(F)F)n1)c1ccccc1. The molecule has 2 aromatic carbocycles. The number of nitrogens with one attached hydrogen (secondary N) is 1. The van der Waals surface area contributed by atoms with E-state index in [1.165, 1.54) is 13.8 Å².